The fourth-order valence-corrected chi connectivity index (χ4v) is 2.58. The first-order valence-electron chi connectivity index (χ1n) is 7.49. The summed E-state index contributed by atoms with van der Waals surface area (Å²) in [5, 5.41) is 7.38. The van der Waals surface area contributed by atoms with Gasteiger partial charge in [-0.2, -0.15) is 0 Å². The molecule has 0 unspecified atom stereocenters. The number of hydrogen-bond donors (Lipinski definition) is 2. The molecule has 22 heavy (non-hydrogen) atoms. The Hall–Kier alpha value is -1.30. The summed E-state index contributed by atoms with van der Waals surface area (Å²) in [5.74, 6) is 0.762. The molecule has 1 fully saturated rings. The molecule has 0 aliphatic carbocycles. The third-order valence-electron chi connectivity index (χ3n) is 4.01. The van der Waals surface area contributed by atoms with E-state index in [1.807, 2.05) is 24.3 Å². The number of benzene rings is 1. The maximum Gasteiger partial charge on any atom is 0.191 e. The summed E-state index contributed by atoms with van der Waals surface area (Å²) in [7, 11) is 3.53. The van der Waals surface area contributed by atoms with E-state index < -0.39 is 0 Å². The minimum absolute atomic E-state index is 0.170. The monoisotopic (exact) mass is 325 g/mol. The first-order valence-corrected chi connectivity index (χ1v) is 7.87. The molecule has 1 aliphatic heterocycles. The van der Waals surface area contributed by atoms with Gasteiger partial charge in [0.25, 0.3) is 0 Å². The molecular formula is C16H24ClN3O2. The van der Waals surface area contributed by atoms with Gasteiger partial charge in [-0.3, -0.25) is 4.99 Å². The highest BCUT2D eigenvalue weighted by atomic mass is 35.5. The predicted molar refractivity (Wildman–Crippen MR) is 89.4 cm³/mol. The van der Waals surface area contributed by atoms with Crippen LogP contribution < -0.4 is 10.6 Å². The van der Waals surface area contributed by atoms with Crippen molar-refractivity contribution in [3.8, 4) is 0 Å². The zero-order chi connectivity index (χ0) is 15.8. The predicted octanol–water partition coefficient (Wildman–Crippen LogP) is 2.20. The van der Waals surface area contributed by atoms with Crippen LogP contribution in [0.1, 0.15) is 18.4 Å². The number of guanidine groups is 1. The van der Waals surface area contributed by atoms with E-state index in [4.69, 9.17) is 21.1 Å². The Bertz CT molecular complexity index is 485. The second kappa shape index (κ2) is 8.36. The normalized spacial score (nSPS) is 18.0. The summed E-state index contributed by atoms with van der Waals surface area (Å²) in [4.78, 5) is 4.25. The Morgan fingerprint density at radius 3 is 2.55 bits per heavy atom. The number of nitrogens with one attached hydrogen (secondary N) is 2. The van der Waals surface area contributed by atoms with Gasteiger partial charge < -0.3 is 20.1 Å². The van der Waals surface area contributed by atoms with Gasteiger partial charge in [0.2, 0.25) is 0 Å². The van der Waals surface area contributed by atoms with Gasteiger partial charge in [-0.1, -0.05) is 23.7 Å². The van der Waals surface area contributed by atoms with Crippen LogP contribution in [0.3, 0.4) is 0 Å². The van der Waals surface area contributed by atoms with Crippen molar-refractivity contribution >= 4 is 17.6 Å². The van der Waals surface area contributed by atoms with Crippen molar-refractivity contribution in [2.45, 2.75) is 25.0 Å². The molecule has 1 aliphatic rings. The SMILES string of the molecule is CN=C(NCc1ccc(Cl)cc1)NCC1(OC)CCOCC1. The van der Waals surface area contributed by atoms with Gasteiger partial charge >= 0.3 is 0 Å². The topological polar surface area (TPSA) is 54.9 Å². The van der Waals surface area contributed by atoms with Crippen molar-refractivity contribution in [2.24, 2.45) is 4.99 Å². The molecular weight excluding hydrogens is 302 g/mol. The number of methoxy groups -OCH3 is 1. The van der Waals surface area contributed by atoms with Crippen LogP contribution in [0, 0.1) is 0 Å². The summed E-state index contributed by atoms with van der Waals surface area (Å²) < 4.78 is 11.1. The van der Waals surface area contributed by atoms with Gasteiger partial charge in [0, 0.05) is 58.3 Å². The van der Waals surface area contributed by atoms with E-state index in [9.17, 15) is 0 Å². The Kier molecular flexibility index (Phi) is 6.49. The van der Waals surface area contributed by atoms with E-state index in [0.717, 1.165) is 42.6 Å². The van der Waals surface area contributed by atoms with Crippen LogP contribution in [0.5, 0.6) is 0 Å². The first-order chi connectivity index (χ1) is 10.7. The van der Waals surface area contributed by atoms with Gasteiger partial charge in [0.15, 0.2) is 5.96 Å². The quantitative estimate of drug-likeness (QED) is 0.644. The molecule has 1 aromatic carbocycles. The number of aliphatic imine (C=N–C) groups is 1. The third kappa shape index (κ3) is 4.87. The van der Waals surface area contributed by atoms with Gasteiger partial charge in [0.1, 0.15) is 0 Å². The Balaban J connectivity index is 1.83. The number of halogens is 1. The number of rotatable bonds is 5. The molecule has 0 aromatic heterocycles. The minimum atomic E-state index is -0.170. The molecule has 0 spiro atoms. The molecule has 1 aromatic rings. The van der Waals surface area contributed by atoms with Crippen LogP contribution in [0.4, 0.5) is 0 Å². The van der Waals surface area contributed by atoms with E-state index in [-0.39, 0.29) is 5.60 Å². The third-order valence-corrected chi connectivity index (χ3v) is 4.26. The summed E-state index contributed by atoms with van der Waals surface area (Å²) in [6.45, 7) is 2.89. The van der Waals surface area contributed by atoms with Gasteiger partial charge in [-0.05, 0) is 17.7 Å². The van der Waals surface area contributed by atoms with Crippen molar-refractivity contribution in [1.82, 2.24) is 10.6 Å². The highest BCUT2D eigenvalue weighted by molar-refractivity contribution is 6.30. The zero-order valence-electron chi connectivity index (χ0n) is 13.2. The van der Waals surface area contributed by atoms with Crippen molar-refractivity contribution in [2.75, 3.05) is 33.9 Å². The van der Waals surface area contributed by atoms with Gasteiger partial charge in [-0.25, -0.2) is 0 Å². The molecule has 122 valence electrons. The van der Waals surface area contributed by atoms with Crippen molar-refractivity contribution < 1.29 is 9.47 Å². The van der Waals surface area contributed by atoms with Crippen LogP contribution in [0.15, 0.2) is 29.3 Å². The number of nitrogens with zero attached hydrogens (tertiary/aromatic N) is 1. The van der Waals surface area contributed by atoms with Crippen LogP contribution in [-0.2, 0) is 16.0 Å². The van der Waals surface area contributed by atoms with E-state index >= 15 is 0 Å². The van der Waals surface area contributed by atoms with Crippen LogP contribution in [0.25, 0.3) is 0 Å². The maximum atomic E-state index is 5.89. The van der Waals surface area contributed by atoms with E-state index in [1.165, 1.54) is 0 Å². The van der Waals surface area contributed by atoms with E-state index in [0.29, 0.717) is 13.1 Å². The molecule has 0 saturated carbocycles. The number of hydrogen-bond acceptors (Lipinski definition) is 3. The molecule has 1 heterocycles. The number of ether oxygens (including phenoxy) is 2. The lowest BCUT2D eigenvalue weighted by Gasteiger charge is -2.36. The molecule has 0 atom stereocenters. The van der Waals surface area contributed by atoms with Crippen LogP contribution in [-0.4, -0.2) is 45.5 Å². The lowest BCUT2D eigenvalue weighted by molar-refractivity contribution is -0.0855. The van der Waals surface area contributed by atoms with Crippen molar-refractivity contribution in [3.05, 3.63) is 34.9 Å². The largest absolute Gasteiger partial charge is 0.381 e. The summed E-state index contributed by atoms with van der Waals surface area (Å²) in [6, 6.07) is 7.77. The molecule has 0 radical (unpaired) electrons. The van der Waals surface area contributed by atoms with Gasteiger partial charge in [0.05, 0.1) is 5.60 Å². The second-order valence-electron chi connectivity index (χ2n) is 5.41. The molecule has 2 N–H and O–H groups in total. The summed E-state index contributed by atoms with van der Waals surface area (Å²) in [5.41, 5.74) is 0.982. The summed E-state index contributed by atoms with van der Waals surface area (Å²) >= 11 is 5.89. The fourth-order valence-electron chi connectivity index (χ4n) is 2.45. The highest BCUT2D eigenvalue weighted by Gasteiger charge is 2.32. The Labute approximate surface area is 137 Å². The average Bonchev–Trinajstić information content (AvgIpc) is 2.57. The van der Waals surface area contributed by atoms with Crippen LogP contribution in [0.2, 0.25) is 5.02 Å². The van der Waals surface area contributed by atoms with E-state index in [1.54, 1.807) is 14.2 Å². The minimum Gasteiger partial charge on any atom is -0.381 e. The lowest BCUT2D eigenvalue weighted by Crippen LogP contribution is -2.50. The Morgan fingerprint density at radius 1 is 1.27 bits per heavy atom. The van der Waals surface area contributed by atoms with Crippen molar-refractivity contribution in [3.63, 3.8) is 0 Å². The average molecular weight is 326 g/mol. The lowest BCUT2D eigenvalue weighted by atomic mass is 9.94. The maximum absolute atomic E-state index is 5.89. The molecule has 1 saturated heterocycles. The highest BCUT2D eigenvalue weighted by Crippen LogP contribution is 2.23. The molecule has 2 rings (SSSR count). The second-order valence-corrected chi connectivity index (χ2v) is 5.84. The zero-order valence-corrected chi connectivity index (χ0v) is 13.9. The summed E-state index contributed by atoms with van der Waals surface area (Å²) in [6.07, 6.45) is 1.79. The molecule has 0 bridgehead atoms. The molecule has 6 heteroatoms. The van der Waals surface area contributed by atoms with Gasteiger partial charge in [-0.15, -0.1) is 0 Å². The van der Waals surface area contributed by atoms with E-state index in [2.05, 4.69) is 15.6 Å². The fraction of sp³-hybridized carbons (Fsp3) is 0.562. The van der Waals surface area contributed by atoms with Crippen molar-refractivity contribution in [1.29, 1.82) is 0 Å². The standard InChI is InChI=1S/C16H24ClN3O2/c1-18-15(19-11-13-3-5-14(17)6-4-13)20-12-16(21-2)7-9-22-10-8-16/h3-6H,7-12H2,1-2H3,(H2,18,19,20). The molecule has 0 amide bonds. The Morgan fingerprint density at radius 2 is 1.95 bits per heavy atom. The smallest absolute Gasteiger partial charge is 0.191 e. The first kappa shape index (κ1) is 17.1. The van der Waals surface area contributed by atoms with Crippen LogP contribution >= 0.6 is 11.6 Å². The molecule has 5 nitrogen and oxygen atoms in total.